The van der Waals surface area contributed by atoms with Crippen molar-refractivity contribution >= 4 is 11.6 Å². The smallest absolute Gasteiger partial charge is 0.165 e. The molecule has 0 aliphatic rings. The lowest BCUT2D eigenvalue weighted by Crippen LogP contribution is -2.10. The Labute approximate surface area is 88.0 Å². The molecule has 1 atom stereocenters. The van der Waals surface area contributed by atoms with Crippen molar-refractivity contribution in [2.45, 2.75) is 12.4 Å². The Morgan fingerprint density at radius 2 is 2.29 bits per heavy atom. The molecule has 0 aliphatic carbocycles. The predicted molar refractivity (Wildman–Crippen MR) is 55.2 cm³/mol. The Bertz CT molecular complexity index is 306. The van der Waals surface area contributed by atoms with Crippen LogP contribution in [0, 0.1) is 5.82 Å². The number of benzene rings is 1. The van der Waals surface area contributed by atoms with Crippen molar-refractivity contribution in [3.8, 4) is 5.75 Å². The lowest BCUT2D eigenvalue weighted by Gasteiger charge is -2.10. The van der Waals surface area contributed by atoms with Gasteiger partial charge < -0.3 is 10.1 Å². The summed E-state index contributed by atoms with van der Waals surface area (Å²) in [5, 5.41) is 2.82. The van der Waals surface area contributed by atoms with Crippen molar-refractivity contribution in [2.24, 2.45) is 0 Å². The maximum Gasteiger partial charge on any atom is 0.165 e. The molecular formula is C10H13ClFNO. The molecule has 1 aromatic carbocycles. The summed E-state index contributed by atoms with van der Waals surface area (Å²) >= 11 is 5.87. The Hall–Kier alpha value is -0.800. The minimum atomic E-state index is -0.384. The molecule has 1 rings (SSSR count). The van der Waals surface area contributed by atoms with Gasteiger partial charge in [-0.2, -0.15) is 0 Å². The molecular weight excluding hydrogens is 205 g/mol. The van der Waals surface area contributed by atoms with Crippen LogP contribution in [0.15, 0.2) is 18.2 Å². The van der Waals surface area contributed by atoms with Crippen molar-refractivity contribution in [1.29, 1.82) is 0 Å². The number of ether oxygens (including phenoxy) is 1. The fourth-order valence-corrected chi connectivity index (χ4v) is 1.25. The Kier molecular flexibility index (Phi) is 4.17. The van der Waals surface area contributed by atoms with Crippen LogP contribution in [-0.4, -0.2) is 13.7 Å². The molecule has 1 unspecified atom stereocenters. The average molecular weight is 218 g/mol. The van der Waals surface area contributed by atoms with Crippen molar-refractivity contribution in [2.75, 3.05) is 13.7 Å². The maximum absolute atomic E-state index is 13.3. The Morgan fingerprint density at radius 1 is 1.57 bits per heavy atom. The minimum Gasteiger partial charge on any atom is -0.491 e. The second-order valence-electron chi connectivity index (χ2n) is 2.77. The molecule has 0 fully saturated rings. The fourth-order valence-electron chi connectivity index (χ4n) is 1.11. The van der Waals surface area contributed by atoms with Gasteiger partial charge >= 0.3 is 0 Å². The number of alkyl halides is 1. The first-order valence-corrected chi connectivity index (χ1v) is 4.86. The zero-order chi connectivity index (χ0) is 10.6. The molecule has 0 amide bonds. The van der Waals surface area contributed by atoms with Gasteiger partial charge in [-0.25, -0.2) is 4.39 Å². The topological polar surface area (TPSA) is 21.3 Å². The van der Waals surface area contributed by atoms with E-state index in [1.807, 2.05) is 6.92 Å². The van der Waals surface area contributed by atoms with Crippen molar-refractivity contribution in [1.82, 2.24) is 5.32 Å². The number of halogens is 2. The van der Waals surface area contributed by atoms with E-state index >= 15 is 0 Å². The third-order valence-electron chi connectivity index (χ3n) is 1.80. The number of hydrogen-bond acceptors (Lipinski definition) is 2. The van der Waals surface area contributed by atoms with E-state index in [2.05, 4.69) is 5.32 Å². The summed E-state index contributed by atoms with van der Waals surface area (Å²) in [7, 11) is 1.71. The highest BCUT2D eigenvalue weighted by Crippen LogP contribution is 2.23. The van der Waals surface area contributed by atoms with Crippen LogP contribution >= 0.6 is 11.6 Å². The van der Waals surface area contributed by atoms with Gasteiger partial charge in [0.25, 0.3) is 0 Å². The summed E-state index contributed by atoms with van der Waals surface area (Å²) in [6, 6.07) is 4.70. The zero-order valence-corrected chi connectivity index (χ0v) is 8.94. The summed E-state index contributed by atoms with van der Waals surface area (Å²) in [4.78, 5) is 0. The second-order valence-corrected chi connectivity index (χ2v) is 3.21. The molecule has 0 bridgehead atoms. The van der Waals surface area contributed by atoms with Gasteiger partial charge in [0.2, 0.25) is 0 Å². The van der Waals surface area contributed by atoms with Gasteiger partial charge in [0.15, 0.2) is 11.6 Å². The van der Waals surface area contributed by atoms with Crippen LogP contribution in [0.5, 0.6) is 5.75 Å². The Morgan fingerprint density at radius 3 is 2.79 bits per heavy atom. The molecule has 0 aliphatic heterocycles. The highest BCUT2D eigenvalue weighted by atomic mass is 35.5. The molecule has 2 nitrogen and oxygen atoms in total. The molecule has 0 radical (unpaired) electrons. The van der Waals surface area contributed by atoms with Crippen molar-refractivity contribution < 1.29 is 9.13 Å². The molecule has 0 spiro atoms. The molecule has 4 heteroatoms. The van der Waals surface area contributed by atoms with E-state index in [4.69, 9.17) is 16.3 Å². The molecule has 0 saturated heterocycles. The minimum absolute atomic E-state index is 0.260. The fraction of sp³-hybridized carbons (Fsp3) is 0.400. The molecule has 1 N–H and O–H groups in total. The van der Waals surface area contributed by atoms with Crippen molar-refractivity contribution in [3.05, 3.63) is 29.6 Å². The van der Waals surface area contributed by atoms with Gasteiger partial charge in [-0.15, -0.1) is 11.6 Å². The third kappa shape index (κ3) is 2.59. The van der Waals surface area contributed by atoms with E-state index in [9.17, 15) is 4.39 Å². The highest BCUT2D eigenvalue weighted by Gasteiger charge is 2.09. The van der Waals surface area contributed by atoms with Gasteiger partial charge in [0.05, 0.1) is 6.61 Å². The molecule has 0 heterocycles. The van der Waals surface area contributed by atoms with E-state index in [1.54, 1.807) is 19.2 Å². The lowest BCUT2D eigenvalue weighted by molar-refractivity contribution is 0.321. The summed E-state index contributed by atoms with van der Waals surface area (Å²) in [6.45, 7) is 2.26. The highest BCUT2D eigenvalue weighted by molar-refractivity contribution is 6.20. The van der Waals surface area contributed by atoms with E-state index in [-0.39, 0.29) is 17.1 Å². The lowest BCUT2D eigenvalue weighted by atomic mass is 10.2. The first-order chi connectivity index (χ1) is 6.69. The van der Waals surface area contributed by atoms with Gasteiger partial charge in [0.1, 0.15) is 5.50 Å². The normalized spacial score (nSPS) is 12.6. The Balaban J connectivity index is 2.88. The van der Waals surface area contributed by atoms with Gasteiger partial charge in [0, 0.05) is 0 Å². The van der Waals surface area contributed by atoms with Crippen molar-refractivity contribution in [3.63, 3.8) is 0 Å². The second kappa shape index (κ2) is 5.17. The third-order valence-corrected chi connectivity index (χ3v) is 2.27. The van der Waals surface area contributed by atoms with Crippen LogP contribution in [-0.2, 0) is 0 Å². The number of nitrogens with one attached hydrogen (secondary N) is 1. The monoisotopic (exact) mass is 217 g/mol. The van der Waals surface area contributed by atoms with Crippen LogP contribution in [0.1, 0.15) is 18.0 Å². The number of hydrogen-bond donors (Lipinski definition) is 1. The van der Waals surface area contributed by atoms with Gasteiger partial charge in [-0.3, -0.25) is 0 Å². The largest absolute Gasteiger partial charge is 0.491 e. The SMILES string of the molecule is CCOc1ccc(C(Cl)NC)cc1F. The quantitative estimate of drug-likeness (QED) is 0.619. The summed E-state index contributed by atoms with van der Waals surface area (Å²) < 4.78 is 18.4. The van der Waals surface area contributed by atoms with E-state index < -0.39 is 0 Å². The average Bonchev–Trinajstić information content (AvgIpc) is 2.20. The molecule has 14 heavy (non-hydrogen) atoms. The zero-order valence-electron chi connectivity index (χ0n) is 8.18. The predicted octanol–water partition coefficient (Wildman–Crippen LogP) is 2.68. The summed E-state index contributed by atoms with van der Waals surface area (Å²) in [6.07, 6.45) is 0. The molecule has 78 valence electrons. The van der Waals surface area contributed by atoms with E-state index in [0.29, 0.717) is 12.2 Å². The van der Waals surface area contributed by atoms with Crippen LogP contribution in [0.3, 0.4) is 0 Å². The van der Waals surface area contributed by atoms with Crippen LogP contribution in [0.4, 0.5) is 4.39 Å². The first-order valence-electron chi connectivity index (χ1n) is 4.42. The van der Waals surface area contributed by atoms with Crippen LogP contribution in [0.2, 0.25) is 0 Å². The molecule has 0 saturated carbocycles. The maximum atomic E-state index is 13.3. The van der Waals surface area contributed by atoms with E-state index in [1.165, 1.54) is 6.07 Å². The van der Waals surface area contributed by atoms with E-state index in [0.717, 1.165) is 0 Å². The number of rotatable bonds is 4. The van der Waals surface area contributed by atoms with Crippen LogP contribution < -0.4 is 10.1 Å². The van der Waals surface area contributed by atoms with Crippen LogP contribution in [0.25, 0.3) is 0 Å². The summed E-state index contributed by atoms with van der Waals surface area (Å²) in [5.74, 6) is -0.124. The molecule has 0 aromatic heterocycles. The summed E-state index contributed by atoms with van der Waals surface area (Å²) in [5.41, 5.74) is 0.315. The molecule has 1 aromatic rings. The first kappa shape index (κ1) is 11.3. The standard InChI is InChI=1S/C10H13ClFNO/c1-3-14-9-5-4-7(6-8(9)12)10(11)13-2/h4-6,10,13H,3H2,1-2H3. The van der Waals surface area contributed by atoms with Gasteiger partial charge in [-0.05, 0) is 31.7 Å². The van der Waals surface area contributed by atoms with Gasteiger partial charge in [-0.1, -0.05) is 6.07 Å².